The Kier molecular flexibility index (Phi) is 6.07. The van der Waals surface area contributed by atoms with Gasteiger partial charge in [-0.1, -0.05) is 41.6 Å². The Bertz CT molecular complexity index is 839. The molecule has 0 saturated carbocycles. The maximum Gasteiger partial charge on any atom is 0.191 e. The van der Waals surface area contributed by atoms with Gasteiger partial charge in [-0.25, -0.2) is 4.39 Å². The van der Waals surface area contributed by atoms with Crippen LogP contribution < -0.4 is 0 Å². The topological polar surface area (TPSA) is 39.9 Å². The van der Waals surface area contributed by atoms with E-state index in [0.29, 0.717) is 29.5 Å². The van der Waals surface area contributed by atoms with Gasteiger partial charge in [-0.2, -0.15) is 0 Å². The van der Waals surface area contributed by atoms with E-state index in [2.05, 4.69) is 10.2 Å². The highest BCUT2D eigenvalue weighted by Crippen LogP contribution is 2.27. The first-order chi connectivity index (χ1) is 12.2. The van der Waals surface area contributed by atoms with Crippen LogP contribution in [0.15, 0.2) is 53.7 Å². The van der Waals surface area contributed by atoms with Crippen molar-refractivity contribution >= 4 is 23.4 Å². The maximum absolute atomic E-state index is 13.8. The van der Waals surface area contributed by atoms with Crippen molar-refractivity contribution < 1.29 is 9.13 Å². The molecule has 7 heteroatoms. The van der Waals surface area contributed by atoms with E-state index in [-0.39, 0.29) is 5.82 Å². The molecule has 0 fully saturated rings. The van der Waals surface area contributed by atoms with Gasteiger partial charge in [-0.05, 0) is 35.9 Å². The average Bonchev–Trinajstić information content (AvgIpc) is 3.02. The molecule has 4 nitrogen and oxygen atoms in total. The first-order valence-electron chi connectivity index (χ1n) is 7.73. The van der Waals surface area contributed by atoms with Crippen LogP contribution in [-0.2, 0) is 17.0 Å². The van der Waals surface area contributed by atoms with Crippen LogP contribution >= 0.6 is 23.4 Å². The quantitative estimate of drug-likeness (QED) is 0.561. The maximum atomic E-state index is 13.8. The van der Waals surface area contributed by atoms with Crippen LogP contribution in [-0.4, -0.2) is 28.5 Å². The third-order valence-electron chi connectivity index (χ3n) is 3.65. The summed E-state index contributed by atoms with van der Waals surface area (Å²) in [7, 11) is 1.65. The van der Waals surface area contributed by atoms with Gasteiger partial charge in [0, 0.05) is 23.4 Å². The molecular weight excluding hydrogens is 361 g/mol. The van der Waals surface area contributed by atoms with E-state index in [1.165, 1.54) is 17.8 Å². The Morgan fingerprint density at radius 1 is 1.12 bits per heavy atom. The van der Waals surface area contributed by atoms with Crippen molar-refractivity contribution in [2.75, 3.05) is 13.7 Å². The molecule has 2 aromatic carbocycles. The van der Waals surface area contributed by atoms with E-state index >= 15 is 0 Å². The zero-order valence-electron chi connectivity index (χ0n) is 13.7. The van der Waals surface area contributed by atoms with E-state index in [1.54, 1.807) is 19.2 Å². The fourth-order valence-corrected chi connectivity index (χ4v) is 3.43. The smallest absolute Gasteiger partial charge is 0.191 e. The van der Waals surface area contributed by atoms with Crippen molar-refractivity contribution in [1.82, 2.24) is 14.8 Å². The molecule has 130 valence electrons. The summed E-state index contributed by atoms with van der Waals surface area (Å²) in [4.78, 5) is 0. The van der Waals surface area contributed by atoms with Gasteiger partial charge in [-0.3, -0.25) is 4.57 Å². The summed E-state index contributed by atoms with van der Waals surface area (Å²) in [5.74, 6) is 1.01. The first-order valence-corrected chi connectivity index (χ1v) is 9.09. The van der Waals surface area contributed by atoms with Crippen LogP contribution in [0.5, 0.6) is 0 Å². The Hall–Kier alpha value is -1.89. The van der Waals surface area contributed by atoms with Crippen LogP contribution in [0.3, 0.4) is 0 Å². The van der Waals surface area contributed by atoms with Gasteiger partial charge in [-0.15, -0.1) is 10.2 Å². The molecule has 0 aliphatic carbocycles. The molecule has 0 radical (unpaired) electrons. The molecule has 3 aromatic rings. The lowest BCUT2D eigenvalue weighted by molar-refractivity contribution is 0.185. The Balaban J connectivity index is 1.86. The number of hydrogen-bond acceptors (Lipinski definition) is 4. The number of methoxy groups -OCH3 is 1. The van der Waals surface area contributed by atoms with Crippen LogP contribution in [0.1, 0.15) is 5.56 Å². The molecular formula is C18H17ClFN3OS. The number of benzene rings is 2. The lowest BCUT2D eigenvalue weighted by Gasteiger charge is -2.10. The molecule has 0 amide bonds. The number of thioether (sulfide) groups is 1. The van der Waals surface area contributed by atoms with Crippen LogP contribution in [0.25, 0.3) is 11.4 Å². The van der Waals surface area contributed by atoms with Gasteiger partial charge in [0.05, 0.1) is 13.2 Å². The van der Waals surface area contributed by atoms with Crippen LogP contribution in [0.4, 0.5) is 4.39 Å². The minimum absolute atomic E-state index is 0.212. The number of hydrogen-bond donors (Lipinski definition) is 0. The van der Waals surface area contributed by atoms with Crippen LogP contribution in [0, 0.1) is 5.82 Å². The summed E-state index contributed by atoms with van der Waals surface area (Å²) in [5.41, 5.74) is 1.56. The molecule has 0 bridgehead atoms. The fourth-order valence-electron chi connectivity index (χ4n) is 2.35. The Morgan fingerprint density at radius 3 is 2.60 bits per heavy atom. The van der Waals surface area contributed by atoms with Crippen molar-refractivity contribution in [3.63, 3.8) is 0 Å². The number of halogens is 2. The minimum Gasteiger partial charge on any atom is -0.383 e. The van der Waals surface area contributed by atoms with Crippen LogP contribution in [0.2, 0.25) is 5.02 Å². The van der Waals surface area contributed by atoms with Gasteiger partial charge in [0.25, 0.3) is 0 Å². The van der Waals surface area contributed by atoms with Crippen molar-refractivity contribution in [1.29, 1.82) is 0 Å². The van der Waals surface area contributed by atoms with Gasteiger partial charge < -0.3 is 4.74 Å². The standard InChI is InChI=1S/C18H17ClFN3OS/c1-24-11-10-23-17(13-6-8-15(19)9-7-13)21-22-18(23)25-12-14-4-2-3-5-16(14)20/h2-9H,10-12H2,1H3. The van der Waals surface area contributed by atoms with Gasteiger partial charge in [0.1, 0.15) is 5.82 Å². The summed E-state index contributed by atoms with van der Waals surface area (Å²) in [5, 5.41) is 9.98. The predicted octanol–water partition coefficient (Wildman–Crippen LogP) is 4.68. The van der Waals surface area contributed by atoms with Gasteiger partial charge >= 0.3 is 0 Å². The summed E-state index contributed by atoms with van der Waals surface area (Å²) in [6.07, 6.45) is 0. The molecule has 1 aromatic heterocycles. The lowest BCUT2D eigenvalue weighted by Crippen LogP contribution is -2.07. The Morgan fingerprint density at radius 2 is 1.88 bits per heavy atom. The molecule has 0 saturated heterocycles. The second-order valence-corrected chi connectivity index (χ2v) is 6.72. The second kappa shape index (κ2) is 8.47. The van der Waals surface area contributed by atoms with Crippen molar-refractivity contribution in [2.24, 2.45) is 0 Å². The third kappa shape index (κ3) is 4.39. The summed E-state index contributed by atoms with van der Waals surface area (Å²) in [6.45, 7) is 1.15. The highest BCUT2D eigenvalue weighted by molar-refractivity contribution is 7.98. The number of nitrogens with zero attached hydrogens (tertiary/aromatic N) is 3. The average molecular weight is 378 g/mol. The summed E-state index contributed by atoms with van der Waals surface area (Å²) < 4.78 is 21.0. The van der Waals surface area contributed by atoms with Gasteiger partial charge in [0.15, 0.2) is 11.0 Å². The molecule has 25 heavy (non-hydrogen) atoms. The highest BCUT2D eigenvalue weighted by atomic mass is 35.5. The normalized spacial score (nSPS) is 11.0. The van der Waals surface area contributed by atoms with E-state index in [4.69, 9.17) is 16.3 Å². The number of aromatic nitrogens is 3. The fraction of sp³-hybridized carbons (Fsp3) is 0.222. The number of rotatable bonds is 7. The van der Waals surface area contributed by atoms with E-state index < -0.39 is 0 Å². The molecule has 0 unspecified atom stereocenters. The second-order valence-electron chi connectivity index (χ2n) is 5.34. The van der Waals surface area contributed by atoms with Gasteiger partial charge in [0.2, 0.25) is 0 Å². The molecule has 1 heterocycles. The molecule has 0 spiro atoms. The zero-order valence-corrected chi connectivity index (χ0v) is 15.2. The van der Waals surface area contributed by atoms with E-state index in [9.17, 15) is 4.39 Å². The molecule has 0 atom stereocenters. The van der Waals surface area contributed by atoms with Crippen molar-refractivity contribution in [3.8, 4) is 11.4 Å². The lowest BCUT2D eigenvalue weighted by atomic mass is 10.2. The Labute approximate surface area is 155 Å². The molecule has 3 rings (SSSR count). The SMILES string of the molecule is COCCn1c(SCc2ccccc2F)nnc1-c1ccc(Cl)cc1. The van der Waals surface area contributed by atoms with Crippen molar-refractivity contribution in [2.45, 2.75) is 17.5 Å². The first kappa shape index (κ1) is 17.9. The summed E-state index contributed by atoms with van der Waals surface area (Å²) >= 11 is 7.41. The molecule has 0 aliphatic rings. The van der Waals surface area contributed by atoms with E-state index in [1.807, 2.05) is 34.9 Å². The zero-order chi connectivity index (χ0) is 17.6. The van der Waals surface area contributed by atoms with E-state index in [0.717, 1.165) is 16.5 Å². The third-order valence-corrected chi connectivity index (χ3v) is 4.92. The molecule has 0 N–H and O–H groups in total. The predicted molar refractivity (Wildman–Crippen MR) is 98.3 cm³/mol. The largest absolute Gasteiger partial charge is 0.383 e. The summed E-state index contributed by atoms with van der Waals surface area (Å²) in [6, 6.07) is 14.2. The highest BCUT2D eigenvalue weighted by Gasteiger charge is 2.15. The molecule has 0 aliphatic heterocycles. The monoisotopic (exact) mass is 377 g/mol. The minimum atomic E-state index is -0.212. The van der Waals surface area contributed by atoms with Crippen molar-refractivity contribution in [3.05, 3.63) is 64.9 Å². The number of ether oxygens (including phenoxy) is 1.